The second kappa shape index (κ2) is 7.26. The lowest BCUT2D eigenvalue weighted by atomic mass is 9.82. The molecule has 1 aromatic heterocycles. The molecule has 118 valence electrons. The molecular formula is C18H30N2S. The van der Waals surface area contributed by atoms with Crippen LogP contribution in [-0.2, 0) is 0 Å². The first kappa shape index (κ1) is 15.5. The molecule has 2 nitrogen and oxygen atoms in total. The Bertz CT molecular complexity index is 411. The van der Waals surface area contributed by atoms with Crippen LogP contribution in [0.3, 0.4) is 0 Å². The van der Waals surface area contributed by atoms with Crippen LogP contribution in [0.4, 0.5) is 0 Å². The summed E-state index contributed by atoms with van der Waals surface area (Å²) in [5.74, 6) is 0.912. The Hall–Kier alpha value is -0.380. The average Bonchev–Trinajstić information content (AvgIpc) is 3.09. The second-order valence-corrected chi connectivity index (χ2v) is 7.84. The molecule has 0 aromatic carbocycles. The Morgan fingerprint density at radius 3 is 2.81 bits per heavy atom. The van der Waals surface area contributed by atoms with Gasteiger partial charge in [0.05, 0.1) is 0 Å². The molecule has 2 fully saturated rings. The number of hydrogen-bond donors (Lipinski definition) is 1. The minimum absolute atomic E-state index is 0.572. The first-order valence-corrected chi connectivity index (χ1v) is 9.70. The zero-order chi connectivity index (χ0) is 14.7. The molecule has 1 aliphatic carbocycles. The fourth-order valence-electron chi connectivity index (χ4n) is 4.24. The van der Waals surface area contributed by atoms with E-state index in [0.717, 1.165) is 12.0 Å². The van der Waals surface area contributed by atoms with Crippen LogP contribution in [0.15, 0.2) is 17.5 Å². The normalized spacial score (nSPS) is 30.4. The summed E-state index contributed by atoms with van der Waals surface area (Å²) in [6, 6.07) is 6.48. The molecule has 1 N–H and O–H groups in total. The highest BCUT2D eigenvalue weighted by Gasteiger charge is 2.34. The molecule has 0 amide bonds. The molecule has 2 heterocycles. The third-order valence-electron chi connectivity index (χ3n) is 5.63. The van der Waals surface area contributed by atoms with Crippen LogP contribution in [0.2, 0.25) is 0 Å². The van der Waals surface area contributed by atoms with Gasteiger partial charge in [0.15, 0.2) is 0 Å². The Balaban J connectivity index is 1.69. The SMILES string of the molecule is CCC1CNC(C2CCCCC2)CN1C(C)c1cccs1. The standard InChI is InChI=1S/C18H30N2S/c1-3-16-12-19-17(15-8-5-4-6-9-15)13-20(16)14(2)18-10-7-11-21-18/h7,10-11,14-17,19H,3-6,8-9,12-13H2,1-2H3. The van der Waals surface area contributed by atoms with Gasteiger partial charge in [-0.25, -0.2) is 0 Å². The molecule has 21 heavy (non-hydrogen) atoms. The summed E-state index contributed by atoms with van der Waals surface area (Å²) in [4.78, 5) is 4.31. The lowest BCUT2D eigenvalue weighted by Crippen LogP contribution is -2.59. The van der Waals surface area contributed by atoms with Gasteiger partial charge in [-0.15, -0.1) is 11.3 Å². The minimum atomic E-state index is 0.572. The summed E-state index contributed by atoms with van der Waals surface area (Å²) >= 11 is 1.91. The lowest BCUT2D eigenvalue weighted by molar-refractivity contribution is 0.0628. The van der Waals surface area contributed by atoms with Gasteiger partial charge >= 0.3 is 0 Å². The molecule has 0 spiro atoms. The van der Waals surface area contributed by atoms with Crippen molar-refractivity contribution in [1.29, 1.82) is 0 Å². The Kier molecular flexibility index (Phi) is 5.36. The van der Waals surface area contributed by atoms with Crippen molar-refractivity contribution in [3.63, 3.8) is 0 Å². The molecule has 3 unspecified atom stereocenters. The lowest BCUT2D eigenvalue weighted by Gasteiger charge is -2.46. The van der Waals surface area contributed by atoms with Gasteiger partial charge in [-0.05, 0) is 43.6 Å². The van der Waals surface area contributed by atoms with E-state index in [2.05, 4.69) is 41.6 Å². The van der Waals surface area contributed by atoms with Crippen LogP contribution < -0.4 is 5.32 Å². The molecule has 2 aliphatic rings. The predicted molar refractivity (Wildman–Crippen MR) is 91.9 cm³/mol. The Morgan fingerprint density at radius 2 is 2.14 bits per heavy atom. The smallest absolute Gasteiger partial charge is 0.0417 e. The van der Waals surface area contributed by atoms with Gasteiger partial charge in [-0.1, -0.05) is 32.3 Å². The van der Waals surface area contributed by atoms with E-state index in [1.807, 2.05) is 11.3 Å². The van der Waals surface area contributed by atoms with E-state index < -0.39 is 0 Å². The molecular weight excluding hydrogens is 276 g/mol. The van der Waals surface area contributed by atoms with Crippen molar-refractivity contribution >= 4 is 11.3 Å². The highest BCUT2D eigenvalue weighted by Crippen LogP contribution is 2.33. The molecule has 3 rings (SSSR count). The van der Waals surface area contributed by atoms with Gasteiger partial charge in [-0.2, -0.15) is 0 Å². The van der Waals surface area contributed by atoms with E-state index >= 15 is 0 Å². The highest BCUT2D eigenvalue weighted by molar-refractivity contribution is 7.10. The molecule has 3 atom stereocenters. The first-order chi connectivity index (χ1) is 10.3. The summed E-state index contributed by atoms with van der Waals surface area (Å²) in [5, 5.41) is 6.10. The van der Waals surface area contributed by atoms with Crippen LogP contribution in [-0.4, -0.2) is 30.1 Å². The number of piperazine rings is 1. The molecule has 1 saturated carbocycles. The third-order valence-corrected chi connectivity index (χ3v) is 6.68. The van der Waals surface area contributed by atoms with Crippen LogP contribution in [0.25, 0.3) is 0 Å². The van der Waals surface area contributed by atoms with Crippen LogP contribution >= 0.6 is 11.3 Å². The third kappa shape index (κ3) is 3.52. The summed E-state index contributed by atoms with van der Waals surface area (Å²) in [5.41, 5.74) is 0. The van der Waals surface area contributed by atoms with Crippen LogP contribution in [0.5, 0.6) is 0 Å². The molecule has 1 aliphatic heterocycles. The quantitative estimate of drug-likeness (QED) is 0.884. The maximum absolute atomic E-state index is 3.88. The second-order valence-electron chi connectivity index (χ2n) is 6.86. The fraction of sp³-hybridized carbons (Fsp3) is 0.778. The first-order valence-electron chi connectivity index (χ1n) is 8.82. The summed E-state index contributed by atoms with van der Waals surface area (Å²) in [6.07, 6.45) is 8.47. The van der Waals surface area contributed by atoms with Crippen molar-refractivity contribution in [2.45, 2.75) is 70.5 Å². The number of rotatable bonds is 4. The zero-order valence-corrected chi connectivity index (χ0v) is 14.4. The van der Waals surface area contributed by atoms with Crippen molar-refractivity contribution < 1.29 is 0 Å². The van der Waals surface area contributed by atoms with Gasteiger partial charge in [-0.3, -0.25) is 4.90 Å². The Labute approximate surface area is 133 Å². The van der Waals surface area contributed by atoms with E-state index in [-0.39, 0.29) is 0 Å². The van der Waals surface area contributed by atoms with E-state index in [1.54, 1.807) is 0 Å². The molecule has 0 bridgehead atoms. The van der Waals surface area contributed by atoms with Crippen molar-refractivity contribution in [2.75, 3.05) is 13.1 Å². The van der Waals surface area contributed by atoms with Crippen molar-refractivity contribution in [2.24, 2.45) is 5.92 Å². The maximum atomic E-state index is 3.88. The molecule has 3 heteroatoms. The van der Waals surface area contributed by atoms with Gasteiger partial charge in [0.2, 0.25) is 0 Å². The average molecular weight is 307 g/mol. The highest BCUT2D eigenvalue weighted by atomic mass is 32.1. The number of hydrogen-bond acceptors (Lipinski definition) is 3. The summed E-state index contributed by atoms with van der Waals surface area (Å²) < 4.78 is 0. The Morgan fingerprint density at radius 1 is 1.33 bits per heavy atom. The predicted octanol–water partition coefficient (Wildman–Crippen LogP) is 4.44. The van der Waals surface area contributed by atoms with Gasteiger partial charge in [0.25, 0.3) is 0 Å². The van der Waals surface area contributed by atoms with Gasteiger partial charge in [0, 0.05) is 36.1 Å². The van der Waals surface area contributed by atoms with Crippen LogP contribution in [0, 0.1) is 5.92 Å². The van der Waals surface area contributed by atoms with Gasteiger partial charge < -0.3 is 5.32 Å². The summed E-state index contributed by atoms with van der Waals surface area (Å²) in [7, 11) is 0. The minimum Gasteiger partial charge on any atom is -0.311 e. The molecule has 1 aromatic rings. The maximum Gasteiger partial charge on any atom is 0.0417 e. The number of nitrogens with zero attached hydrogens (tertiary/aromatic N) is 1. The monoisotopic (exact) mass is 306 g/mol. The van der Waals surface area contributed by atoms with Crippen molar-refractivity contribution in [3.05, 3.63) is 22.4 Å². The largest absolute Gasteiger partial charge is 0.311 e. The number of nitrogens with one attached hydrogen (secondary N) is 1. The van der Waals surface area contributed by atoms with Crippen molar-refractivity contribution in [1.82, 2.24) is 10.2 Å². The fourth-order valence-corrected chi connectivity index (χ4v) is 5.05. The van der Waals surface area contributed by atoms with Crippen molar-refractivity contribution in [3.8, 4) is 0 Å². The molecule has 0 radical (unpaired) electrons. The topological polar surface area (TPSA) is 15.3 Å². The summed E-state index contributed by atoms with van der Waals surface area (Å²) in [6.45, 7) is 7.15. The van der Waals surface area contributed by atoms with Gasteiger partial charge in [0.1, 0.15) is 0 Å². The van der Waals surface area contributed by atoms with E-state index in [1.165, 1.54) is 56.5 Å². The number of thiophene rings is 1. The zero-order valence-electron chi connectivity index (χ0n) is 13.6. The van der Waals surface area contributed by atoms with E-state index in [0.29, 0.717) is 12.1 Å². The van der Waals surface area contributed by atoms with E-state index in [9.17, 15) is 0 Å². The van der Waals surface area contributed by atoms with E-state index in [4.69, 9.17) is 0 Å². The molecule has 1 saturated heterocycles. The van der Waals surface area contributed by atoms with Crippen LogP contribution in [0.1, 0.15) is 63.3 Å².